The highest BCUT2D eigenvalue weighted by atomic mass is 14.6. The van der Waals surface area contributed by atoms with Gasteiger partial charge >= 0.3 is 0 Å². The molecule has 0 amide bonds. The Morgan fingerprint density at radius 1 is 0.591 bits per heavy atom. The Morgan fingerprint density at radius 2 is 1.05 bits per heavy atom. The second-order valence-corrected chi connectivity index (χ2v) is 7.57. The number of hydrogen-bond acceptors (Lipinski definition) is 0. The van der Waals surface area contributed by atoms with Gasteiger partial charge in [0.25, 0.3) is 0 Å². The molecule has 2 fully saturated rings. The molecule has 2 saturated carbocycles. The third-order valence-corrected chi connectivity index (χ3v) is 6.78. The van der Waals surface area contributed by atoms with Gasteiger partial charge in [-0.15, -0.1) is 0 Å². The second-order valence-electron chi connectivity index (χ2n) is 7.57. The summed E-state index contributed by atoms with van der Waals surface area (Å²) >= 11 is 0. The molecule has 0 nitrogen and oxygen atoms in total. The molecule has 3 aliphatic rings. The van der Waals surface area contributed by atoms with Crippen molar-refractivity contribution in [3.63, 3.8) is 0 Å². The SMILES string of the molecule is c1ccc2c(c1)-c1ccccc1C21C2CCCCC1CCC2. The number of rotatable bonds is 0. The van der Waals surface area contributed by atoms with E-state index in [9.17, 15) is 0 Å². The van der Waals surface area contributed by atoms with Gasteiger partial charge in [-0.25, -0.2) is 0 Å². The van der Waals surface area contributed by atoms with Crippen molar-refractivity contribution in [2.75, 3.05) is 0 Å². The molecule has 0 N–H and O–H groups in total. The number of benzene rings is 2. The highest BCUT2D eigenvalue weighted by Gasteiger charge is 2.54. The van der Waals surface area contributed by atoms with Crippen LogP contribution in [-0.2, 0) is 5.41 Å². The standard InChI is InChI=1S/C22H24/c1-2-9-17-11-7-10-16(8-1)22(17)20-14-5-3-12-18(20)19-13-4-6-15-21(19)22/h3-6,12-17H,1-2,7-11H2. The van der Waals surface area contributed by atoms with Crippen molar-refractivity contribution in [3.05, 3.63) is 59.7 Å². The molecule has 3 aliphatic carbocycles. The highest BCUT2D eigenvalue weighted by Crippen LogP contribution is 2.63. The van der Waals surface area contributed by atoms with Gasteiger partial charge < -0.3 is 0 Å². The summed E-state index contributed by atoms with van der Waals surface area (Å²) in [6.45, 7) is 0. The van der Waals surface area contributed by atoms with Gasteiger partial charge in [0.15, 0.2) is 0 Å². The fourth-order valence-electron chi connectivity index (χ4n) is 6.11. The van der Waals surface area contributed by atoms with Gasteiger partial charge in [0, 0.05) is 5.41 Å². The van der Waals surface area contributed by atoms with E-state index in [2.05, 4.69) is 48.5 Å². The summed E-state index contributed by atoms with van der Waals surface area (Å²) in [5.41, 5.74) is 6.71. The molecular weight excluding hydrogens is 264 g/mol. The maximum atomic E-state index is 2.45. The molecule has 2 atom stereocenters. The minimum Gasteiger partial charge on any atom is -0.0619 e. The van der Waals surface area contributed by atoms with Crippen LogP contribution in [0.5, 0.6) is 0 Å². The molecule has 0 aromatic heterocycles. The third-order valence-electron chi connectivity index (χ3n) is 6.78. The number of hydrogen-bond donors (Lipinski definition) is 0. The normalized spacial score (nSPS) is 28.0. The average molecular weight is 288 g/mol. The Hall–Kier alpha value is -1.56. The third kappa shape index (κ3) is 1.49. The lowest BCUT2D eigenvalue weighted by atomic mass is 9.55. The minimum absolute atomic E-state index is 0.335. The zero-order valence-electron chi connectivity index (χ0n) is 13.2. The van der Waals surface area contributed by atoms with Crippen LogP contribution in [0, 0.1) is 11.8 Å². The van der Waals surface area contributed by atoms with Crippen molar-refractivity contribution >= 4 is 0 Å². The van der Waals surface area contributed by atoms with Gasteiger partial charge in [-0.3, -0.25) is 0 Å². The molecule has 22 heavy (non-hydrogen) atoms. The Morgan fingerprint density at radius 3 is 1.59 bits per heavy atom. The predicted octanol–water partition coefficient (Wildman–Crippen LogP) is 5.94. The van der Waals surface area contributed by atoms with Gasteiger partial charge in [0.2, 0.25) is 0 Å². The fraction of sp³-hybridized carbons (Fsp3) is 0.455. The summed E-state index contributed by atoms with van der Waals surface area (Å²) < 4.78 is 0. The van der Waals surface area contributed by atoms with Crippen LogP contribution in [0.4, 0.5) is 0 Å². The van der Waals surface area contributed by atoms with Crippen molar-refractivity contribution in [1.29, 1.82) is 0 Å². The molecule has 0 aliphatic heterocycles. The maximum absolute atomic E-state index is 2.45. The number of fused-ring (bicyclic) bond motifs is 3. The van der Waals surface area contributed by atoms with Crippen LogP contribution in [-0.4, -0.2) is 0 Å². The lowest BCUT2D eigenvalue weighted by Crippen LogP contribution is -2.44. The molecule has 0 heteroatoms. The quantitative estimate of drug-likeness (QED) is 0.562. The van der Waals surface area contributed by atoms with Crippen molar-refractivity contribution in [2.45, 2.75) is 50.4 Å². The second kappa shape index (κ2) is 4.72. The molecule has 2 unspecified atom stereocenters. The average Bonchev–Trinajstić information content (AvgIpc) is 2.82. The van der Waals surface area contributed by atoms with E-state index in [1.165, 1.54) is 56.1 Å². The molecular formula is C22H24. The first kappa shape index (κ1) is 12.9. The highest BCUT2D eigenvalue weighted by molar-refractivity contribution is 5.81. The van der Waals surface area contributed by atoms with Gasteiger partial charge in [-0.1, -0.05) is 67.8 Å². The van der Waals surface area contributed by atoms with Crippen LogP contribution in [0.2, 0.25) is 0 Å². The Labute approximate surface area is 133 Å². The van der Waals surface area contributed by atoms with E-state index in [1.807, 2.05) is 0 Å². The first-order valence-electron chi connectivity index (χ1n) is 9.12. The van der Waals surface area contributed by atoms with E-state index in [4.69, 9.17) is 0 Å². The van der Waals surface area contributed by atoms with E-state index in [0.717, 1.165) is 11.8 Å². The summed E-state index contributed by atoms with van der Waals surface area (Å²) in [5, 5.41) is 0. The summed E-state index contributed by atoms with van der Waals surface area (Å²) in [4.78, 5) is 0. The van der Waals surface area contributed by atoms with Crippen molar-refractivity contribution in [3.8, 4) is 11.1 Å². The molecule has 5 rings (SSSR count). The van der Waals surface area contributed by atoms with E-state index in [1.54, 1.807) is 11.1 Å². The van der Waals surface area contributed by atoms with Crippen molar-refractivity contribution in [2.24, 2.45) is 11.8 Å². The molecule has 2 aromatic rings. The first-order valence-corrected chi connectivity index (χ1v) is 9.12. The molecule has 2 bridgehead atoms. The zero-order valence-corrected chi connectivity index (χ0v) is 13.2. The zero-order chi connectivity index (χ0) is 14.6. The maximum Gasteiger partial charge on any atom is 0.0271 e. The van der Waals surface area contributed by atoms with E-state index >= 15 is 0 Å². The van der Waals surface area contributed by atoms with Gasteiger partial charge in [0.05, 0.1) is 0 Å². The summed E-state index contributed by atoms with van der Waals surface area (Å²) in [6.07, 6.45) is 10.0. The van der Waals surface area contributed by atoms with Crippen LogP contribution < -0.4 is 0 Å². The molecule has 2 aromatic carbocycles. The van der Waals surface area contributed by atoms with Crippen LogP contribution in [0.1, 0.15) is 56.1 Å². The van der Waals surface area contributed by atoms with Crippen LogP contribution in [0.25, 0.3) is 11.1 Å². The van der Waals surface area contributed by atoms with Gasteiger partial charge in [-0.2, -0.15) is 0 Å². The topological polar surface area (TPSA) is 0 Å². The minimum atomic E-state index is 0.335. The van der Waals surface area contributed by atoms with E-state index < -0.39 is 0 Å². The van der Waals surface area contributed by atoms with E-state index in [-0.39, 0.29) is 0 Å². The van der Waals surface area contributed by atoms with Crippen molar-refractivity contribution < 1.29 is 0 Å². The first-order chi connectivity index (χ1) is 10.9. The Balaban J connectivity index is 1.86. The van der Waals surface area contributed by atoms with Crippen LogP contribution in [0.3, 0.4) is 0 Å². The van der Waals surface area contributed by atoms with Gasteiger partial charge in [-0.05, 0) is 59.8 Å². The lowest BCUT2D eigenvalue weighted by Gasteiger charge is -2.48. The largest absolute Gasteiger partial charge is 0.0619 e. The molecule has 0 radical (unpaired) electrons. The smallest absolute Gasteiger partial charge is 0.0271 e. The summed E-state index contributed by atoms with van der Waals surface area (Å²) in [5.74, 6) is 1.72. The predicted molar refractivity (Wildman–Crippen MR) is 92.0 cm³/mol. The molecule has 0 saturated heterocycles. The van der Waals surface area contributed by atoms with Crippen LogP contribution >= 0.6 is 0 Å². The molecule has 1 spiro atoms. The summed E-state index contributed by atoms with van der Waals surface area (Å²) in [7, 11) is 0. The van der Waals surface area contributed by atoms with Crippen molar-refractivity contribution in [1.82, 2.24) is 0 Å². The summed E-state index contributed by atoms with van der Waals surface area (Å²) in [6, 6.07) is 18.6. The Bertz CT molecular complexity index is 650. The fourth-order valence-corrected chi connectivity index (χ4v) is 6.11. The van der Waals surface area contributed by atoms with E-state index in [0.29, 0.717) is 5.41 Å². The molecule has 0 heterocycles. The van der Waals surface area contributed by atoms with Gasteiger partial charge in [0.1, 0.15) is 0 Å². The van der Waals surface area contributed by atoms with Crippen LogP contribution in [0.15, 0.2) is 48.5 Å². The lowest BCUT2D eigenvalue weighted by molar-refractivity contribution is 0.149. The monoisotopic (exact) mass is 288 g/mol. The molecule has 112 valence electrons. The Kier molecular flexibility index (Phi) is 2.77.